The third-order valence-electron chi connectivity index (χ3n) is 1.92. The van der Waals surface area contributed by atoms with E-state index < -0.39 is 0 Å². The van der Waals surface area contributed by atoms with E-state index in [-0.39, 0.29) is 12.5 Å². The molecule has 13 heavy (non-hydrogen) atoms. The van der Waals surface area contributed by atoms with Crippen LogP contribution in [0.1, 0.15) is 27.2 Å². The van der Waals surface area contributed by atoms with E-state index in [1.54, 1.807) is 4.90 Å². The largest absolute Gasteiger partial charge is 0.387 e. The van der Waals surface area contributed by atoms with Crippen molar-refractivity contribution in [1.29, 1.82) is 0 Å². The number of hydrogen-bond donors (Lipinski definition) is 1. The fourth-order valence-corrected chi connectivity index (χ4v) is 1.10. The Balaban J connectivity index is 0.000000671. The average molecular weight is 185 g/mol. The maximum atomic E-state index is 10.9. The van der Waals surface area contributed by atoms with Crippen molar-refractivity contribution in [3.63, 3.8) is 0 Å². The molecule has 0 unspecified atom stereocenters. The molecule has 0 aromatic heterocycles. The zero-order chi connectivity index (χ0) is 10.3. The second-order valence-corrected chi connectivity index (χ2v) is 2.80. The molecule has 1 heterocycles. The smallest absolute Gasteiger partial charge is 0.248 e. The molecule has 1 aliphatic rings. The van der Waals surface area contributed by atoms with Crippen molar-refractivity contribution >= 4 is 5.91 Å². The fraction of sp³-hybridized carbons (Fsp3) is 0.700. The van der Waals surface area contributed by atoms with Crippen molar-refractivity contribution in [2.45, 2.75) is 27.2 Å². The molecule has 0 fully saturated rings. The van der Waals surface area contributed by atoms with E-state index >= 15 is 0 Å². The Morgan fingerprint density at radius 1 is 1.62 bits per heavy atom. The molecule has 0 radical (unpaired) electrons. The van der Waals surface area contributed by atoms with Crippen molar-refractivity contribution < 1.29 is 9.90 Å². The van der Waals surface area contributed by atoms with Gasteiger partial charge >= 0.3 is 0 Å². The van der Waals surface area contributed by atoms with Crippen LogP contribution in [0, 0.1) is 0 Å². The van der Waals surface area contributed by atoms with Crippen LogP contribution in [0.4, 0.5) is 0 Å². The first-order chi connectivity index (χ1) is 6.24. The van der Waals surface area contributed by atoms with Crippen LogP contribution in [0.3, 0.4) is 0 Å². The van der Waals surface area contributed by atoms with Crippen molar-refractivity contribution in [3.8, 4) is 0 Å². The highest BCUT2D eigenvalue weighted by atomic mass is 16.3. The zero-order valence-electron chi connectivity index (χ0n) is 8.71. The SMILES string of the molecule is CC.CC1=CCN(C(=O)CO)CC1. The summed E-state index contributed by atoms with van der Waals surface area (Å²) in [6, 6.07) is 0. The number of nitrogens with zero attached hydrogens (tertiary/aromatic N) is 1. The Labute approximate surface area is 80.0 Å². The Morgan fingerprint density at radius 3 is 2.62 bits per heavy atom. The van der Waals surface area contributed by atoms with E-state index in [9.17, 15) is 4.79 Å². The number of carbonyl (C=O) groups excluding carboxylic acids is 1. The van der Waals surface area contributed by atoms with E-state index in [1.165, 1.54) is 5.57 Å². The lowest BCUT2D eigenvalue weighted by Crippen LogP contribution is -2.36. The number of carbonyl (C=O) groups is 1. The van der Waals surface area contributed by atoms with E-state index in [4.69, 9.17) is 5.11 Å². The van der Waals surface area contributed by atoms with Gasteiger partial charge in [0, 0.05) is 13.1 Å². The summed E-state index contributed by atoms with van der Waals surface area (Å²) in [7, 11) is 0. The summed E-state index contributed by atoms with van der Waals surface area (Å²) in [5, 5.41) is 8.54. The number of amides is 1. The van der Waals surface area contributed by atoms with Crippen molar-refractivity contribution in [2.75, 3.05) is 19.7 Å². The molecule has 0 aromatic rings. The summed E-state index contributed by atoms with van der Waals surface area (Å²) >= 11 is 0. The van der Waals surface area contributed by atoms with Crippen LogP contribution in [0.2, 0.25) is 0 Å². The summed E-state index contributed by atoms with van der Waals surface area (Å²) in [5.41, 5.74) is 1.33. The molecular formula is C10H19NO2. The van der Waals surface area contributed by atoms with Crippen LogP contribution >= 0.6 is 0 Å². The van der Waals surface area contributed by atoms with Crippen LogP contribution < -0.4 is 0 Å². The predicted octanol–water partition coefficient (Wildman–Crippen LogP) is 1.18. The Kier molecular flexibility index (Phi) is 6.24. The van der Waals surface area contributed by atoms with Gasteiger partial charge in [-0.15, -0.1) is 0 Å². The Morgan fingerprint density at radius 2 is 2.23 bits per heavy atom. The molecular weight excluding hydrogens is 166 g/mol. The highest BCUT2D eigenvalue weighted by Gasteiger charge is 2.13. The maximum Gasteiger partial charge on any atom is 0.248 e. The first kappa shape index (κ1) is 12.2. The molecule has 0 aliphatic carbocycles. The van der Waals surface area contributed by atoms with Crippen LogP contribution in [0.25, 0.3) is 0 Å². The van der Waals surface area contributed by atoms with E-state index in [2.05, 4.69) is 6.92 Å². The van der Waals surface area contributed by atoms with Crippen LogP contribution in [0.5, 0.6) is 0 Å². The summed E-state index contributed by atoms with van der Waals surface area (Å²) in [6.45, 7) is 7.10. The lowest BCUT2D eigenvalue weighted by molar-refractivity contribution is -0.133. The fourth-order valence-electron chi connectivity index (χ4n) is 1.10. The van der Waals surface area contributed by atoms with Gasteiger partial charge in [-0.3, -0.25) is 4.79 Å². The van der Waals surface area contributed by atoms with Gasteiger partial charge in [-0.25, -0.2) is 0 Å². The maximum absolute atomic E-state index is 10.9. The van der Waals surface area contributed by atoms with E-state index in [1.807, 2.05) is 19.9 Å². The standard InChI is InChI=1S/C8H13NO2.C2H6/c1-7-2-4-9(5-3-7)8(11)6-10;1-2/h2,10H,3-6H2,1H3;1-2H3. The highest BCUT2D eigenvalue weighted by Crippen LogP contribution is 2.08. The van der Waals surface area contributed by atoms with Gasteiger partial charge < -0.3 is 10.0 Å². The van der Waals surface area contributed by atoms with Crippen LogP contribution in [0.15, 0.2) is 11.6 Å². The lowest BCUT2D eigenvalue weighted by Gasteiger charge is -2.24. The molecule has 0 bridgehead atoms. The second kappa shape index (κ2) is 6.66. The molecule has 0 saturated heterocycles. The molecule has 76 valence electrons. The van der Waals surface area contributed by atoms with Crippen LogP contribution in [-0.4, -0.2) is 35.6 Å². The molecule has 1 amide bonds. The third kappa shape index (κ3) is 4.08. The predicted molar refractivity (Wildman–Crippen MR) is 53.4 cm³/mol. The van der Waals surface area contributed by atoms with Gasteiger partial charge in [0.25, 0.3) is 0 Å². The van der Waals surface area contributed by atoms with E-state index in [0.717, 1.165) is 13.0 Å². The van der Waals surface area contributed by atoms with Gasteiger partial charge in [0.15, 0.2) is 0 Å². The van der Waals surface area contributed by atoms with Crippen molar-refractivity contribution in [1.82, 2.24) is 4.90 Å². The molecule has 3 nitrogen and oxygen atoms in total. The second-order valence-electron chi connectivity index (χ2n) is 2.80. The first-order valence-electron chi connectivity index (χ1n) is 4.78. The van der Waals surface area contributed by atoms with Crippen molar-refractivity contribution in [2.24, 2.45) is 0 Å². The number of hydrogen-bond acceptors (Lipinski definition) is 2. The number of aliphatic hydroxyl groups is 1. The average Bonchev–Trinajstić information content (AvgIpc) is 2.21. The number of aliphatic hydroxyl groups excluding tert-OH is 1. The van der Waals surface area contributed by atoms with E-state index in [0.29, 0.717) is 6.54 Å². The first-order valence-corrected chi connectivity index (χ1v) is 4.78. The topological polar surface area (TPSA) is 40.5 Å². The molecule has 0 aromatic carbocycles. The molecule has 0 saturated carbocycles. The molecule has 1 aliphatic heterocycles. The van der Waals surface area contributed by atoms with Gasteiger partial charge in [-0.05, 0) is 13.3 Å². The minimum atomic E-state index is -0.368. The molecule has 3 heteroatoms. The lowest BCUT2D eigenvalue weighted by atomic mass is 10.1. The number of rotatable bonds is 1. The summed E-state index contributed by atoms with van der Waals surface area (Å²) in [6.07, 6.45) is 2.96. The third-order valence-corrected chi connectivity index (χ3v) is 1.92. The summed E-state index contributed by atoms with van der Waals surface area (Å²) in [4.78, 5) is 12.6. The van der Waals surface area contributed by atoms with Gasteiger partial charge in [-0.2, -0.15) is 0 Å². The van der Waals surface area contributed by atoms with Gasteiger partial charge in [-0.1, -0.05) is 25.5 Å². The van der Waals surface area contributed by atoms with Gasteiger partial charge in [0.1, 0.15) is 6.61 Å². The van der Waals surface area contributed by atoms with Gasteiger partial charge in [0.2, 0.25) is 5.91 Å². The quantitative estimate of drug-likeness (QED) is 0.623. The van der Waals surface area contributed by atoms with Gasteiger partial charge in [0.05, 0.1) is 0 Å². The molecule has 1 rings (SSSR count). The highest BCUT2D eigenvalue weighted by molar-refractivity contribution is 5.77. The Bertz CT molecular complexity index is 187. The minimum absolute atomic E-state index is 0.172. The Hall–Kier alpha value is -0.830. The molecule has 0 spiro atoms. The molecule has 1 N–H and O–H groups in total. The van der Waals surface area contributed by atoms with Crippen molar-refractivity contribution in [3.05, 3.63) is 11.6 Å². The summed E-state index contributed by atoms with van der Waals surface area (Å²) < 4.78 is 0. The normalized spacial score (nSPS) is 15.7. The van der Waals surface area contributed by atoms with Crippen LogP contribution in [-0.2, 0) is 4.79 Å². The minimum Gasteiger partial charge on any atom is -0.387 e. The summed E-state index contributed by atoms with van der Waals surface area (Å²) in [5.74, 6) is -0.172. The zero-order valence-corrected chi connectivity index (χ0v) is 8.71. The monoisotopic (exact) mass is 185 g/mol. The molecule has 0 atom stereocenters.